The van der Waals surface area contributed by atoms with Gasteiger partial charge < -0.3 is 15.0 Å². The van der Waals surface area contributed by atoms with Crippen molar-refractivity contribution in [3.05, 3.63) is 65.7 Å². The van der Waals surface area contributed by atoms with E-state index in [1.807, 2.05) is 0 Å². The first-order valence-corrected chi connectivity index (χ1v) is 8.38. The third-order valence-corrected chi connectivity index (χ3v) is 3.64. The highest BCUT2D eigenvalue weighted by atomic mass is 16.5. The highest BCUT2D eigenvalue weighted by molar-refractivity contribution is 6.07. The van der Waals surface area contributed by atoms with Crippen molar-refractivity contribution in [2.45, 2.75) is 6.92 Å². The van der Waals surface area contributed by atoms with Gasteiger partial charge in [-0.25, -0.2) is 0 Å². The number of rotatable bonds is 7. The molecule has 0 unspecified atom stereocenters. The fourth-order valence-electron chi connectivity index (χ4n) is 2.16. The van der Waals surface area contributed by atoms with Crippen LogP contribution in [-0.2, 0) is 9.59 Å². The smallest absolute Gasteiger partial charge is 0.259 e. The van der Waals surface area contributed by atoms with Crippen molar-refractivity contribution in [3.63, 3.8) is 0 Å². The first kappa shape index (κ1) is 19.9. The van der Waals surface area contributed by atoms with Gasteiger partial charge >= 0.3 is 0 Å². The molecule has 0 aliphatic heterocycles. The molecule has 140 valence electrons. The monoisotopic (exact) mass is 366 g/mol. The number of carbonyl (C=O) groups is 3. The Labute approximate surface area is 158 Å². The summed E-state index contributed by atoms with van der Waals surface area (Å²) >= 11 is 0. The van der Waals surface area contributed by atoms with Crippen LogP contribution >= 0.6 is 0 Å². The van der Waals surface area contributed by atoms with Gasteiger partial charge in [-0.15, -0.1) is 0 Å². The summed E-state index contributed by atoms with van der Waals surface area (Å²) in [5.74, 6) is -0.00776. The predicted octanol–water partition coefficient (Wildman–Crippen LogP) is 3.01. The Balaban J connectivity index is 2.00. The molecule has 1 N–H and O–H groups in total. The lowest BCUT2D eigenvalue weighted by atomic mass is 10.1. The second-order valence-corrected chi connectivity index (χ2v) is 6.11. The van der Waals surface area contributed by atoms with Crippen molar-refractivity contribution in [1.29, 1.82) is 0 Å². The van der Waals surface area contributed by atoms with E-state index in [1.54, 1.807) is 68.7 Å². The molecular weight excluding hydrogens is 344 g/mol. The molecule has 0 aliphatic rings. The Hall–Kier alpha value is -3.41. The Kier molecular flexibility index (Phi) is 6.88. The van der Waals surface area contributed by atoms with Gasteiger partial charge in [0.15, 0.2) is 12.4 Å². The van der Waals surface area contributed by atoms with Crippen molar-refractivity contribution in [1.82, 2.24) is 4.90 Å². The average molecular weight is 366 g/mol. The largest absolute Gasteiger partial charge is 0.484 e. The van der Waals surface area contributed by atoms with E-state index < -0.39 is 0 Å². The van der Waals surface area contributed by atoms with E-state index in [9.17, 15) is 14.4 Å². The summed E-state index contributed by atoms with van der Waals surface area (Å²) in [6.45, 7) is 1.36. The summed E-state index contributed by atoms with van der Waals surface area (Å²) in [4.78, 5) is 36.4. The molecule has 0 fully saturated rings. The minimum Gasteiger partial charge on any atom is -0.484 e. The van der Waals surface area contributed by atoms with E-state index >= 15 is 0 Å². The van der Waals surface area contributed by atoms with Crippen LogP contribution < -0.4 is 10.1 Å². The minimum absolute atomic E-state index is 0.0822. The summed E-state index contributed by atoms with van der Waals surface area (Å²) in [7, 11) is 3.30. The molecule has 0 saturated carbocycles. The number of hydrogen-bond donors (Lipinski definition) is 1. The second-order valence-electron chi connectivity index (χ2n) is 6.11. The number of likely N-dealkylation sites (N-methyl/N-ethyl adjacent to an activating group) is 1. The van der Waals surface area contributed by atoms with Crippen LogP contribution in [0.4, 0.5) is 5.69 Å². The van der Waals surface area contributed by atoms with Crippen molar-refractivity contribution < 1.29 is 19.1 Å². The molecule has 6 nitrogen and oxygen atoms in total. The highest BCUT2D eigenvalue weighted by Gasteiger charge is 2.07. The number of amides is 2. The molecule has 6 heteroatoms. The average Bonchev–Trinajstić information content (AvgIpc) is 2.65. The third kappa shape index (κ3) is 6.43. The summed E-state index contributed by atoms with van der Waals surface area (Å²) in [6, 6.07) is 13.8. The van der Waals surface area contributed by atoms with Crippen molar-refractivity contribution in [3.8, 4) is 5.75 Å². The predicted molar refractivity (Wildman–Crippen MR) is 105 cm³/mol. The van der Waals surface area contributed by atoms with Gasteiger partial charge in [0, 0.05) is 32.3 Å². The number of hydrogen-bond acceptors (Lipinski definition) is 4. The van der Waals surface area contributed by atoms with Gasteiger partial charge in [-0.3, -0.25) is 14.4 Å². The van der Waals surface area contributed by atoms with Gasteiger partial charge in [-0.2, -0.15) is 0 Å². The van der Waals surface area contributed by atoms with Crippen LogP contribution in [0.15, 0.2) is 54.6 Å². The lowest BCUT2D eigenvalue weighted by molar-refractivity contribution is -0.130. The third-order valence-electron chi connectivity index (χ3n) is 3.64. The topological polar surface area (TPSA) is 75.7 Å². The standard InChI is InChI=1S/C21H22N2O4/c1-15(24)22-18-10-7-16(8-11-18)9-12-20(25)17-5-4-6-19(13-17)27-14-21(26)23(2)3/h4-13H,14H2,1-3H3,(H,22,24)/b12-9+. The Morgan fingerprint density at radius 1 is 1.07 bits per heavy atom. The van der Waals surface area contributed by atoms with Crippen molar-refractivity contribution in [2.24, 2.45) is 0 Å². The number of allylic oxidation sites excluding steroid dienone is 1. The molecule has 27 heavy (non-hydrogen) atoms. The van der Waals surface area contributed by atoms with E-state index in [0.717, 1.165) is 5.56 Å². The molecule has 0 radical (unpaired) electrons. The van der Waals surface area contributed by atoms with Gasteiger partial charge in [-0.05, 0) is 35.9 Å². The zero-order valence-electron chi connectivity index (χ0n) is 15.6. The molecule has 2 rings (SSSR count). The number of nitrogens with zero attached hydrogens (tertiary/aromatic N) is 1. The first-order chi connectivity index (χ1) is 12.8. The number of anilines is 1. The molecule has 2 aromatic rings. The normalized spacial score (nSPS) is 10.5. The van der Waals surface area contributed by atoms with Crippen LogP contribution in [0.2, 0.25) is 0 Å². The van der Waals surface area contributed by atoms with Crippen LogP contribution in [-0.4, -0.2) is 43.2 Å². The van der Waals surface area contributed by atoms with Gasteiger partial charge in [0.1, 0.15) is 5.75 Å². The van der Waals surface area contributed by atoms with Crippen LogP contribution in [0.1, 0.15) is 22.8 Å². The second kappa shape index (κ2) is 9.33. The fourth-order valence-corrected chi connectivity index (χ4v) is 2.16. The van der Waals surface area contributed by atoms with Gasteiger partial charge in [0.25, 0.3) is 5.91 Å². The number of carbonyl (C=O) groups excluding carboxylic acids is 3. The van der Waals surface area contributed by atoms with Crippen LogP contribution in [0, 0.1) is 0 Å². The lowest BCUT2D eigenvalue weighted by Crippen LogP contribution is -2.27. The fraction of sp³-hybridized carbons (Fsp3) is 0.190. The minimum atomic E-state index is -0.176. The van der Waals surface area contributed by atoms with Gasteiger partial charge in [0.05, 0.1) is 0 Å². The van der Waals surface area contributed by atoms with E-state index in [0.29, 0.717) is 17.0 Å². The lowest BCUT2D eigenvalue weighted by Gasteiger charge is -2.11. The molecule has 0 spiro atoms. The van der Waals surface area contributed by atoms with Gasteiger partial charge in [0.2, 0.25) is 5.91 Å². The molecule has 0 atom stereocenters. The van der Waals surface area contributed by atoms with E-state index in [1.165, 1.54) is 17.9 Å². The first-order valence-electron chi connectivity index (χ1n) is 8.38. The maximum atomic E-state index is 12.4. The summed E-state index contributed by atoms with van der Waals surface area (Å²) in [5, 5.41) is 2.68. The highest BCUT2D eigenvalue weighted by Crippen LogP contribution is 2.15. The molecule has 2 amide bonds. The van der Waals surface area contributed by atoms with Crippen LogP contribution in [0.5, 0.6) is 5.75 Å². The van der Waals surface area contributed by atoms with Crippen molar-refractivity contribution >= 4 is 29.4 Å². The van der Waals surface area contributed by atoms with E-state index in [-0.39, 0.29) is 24.2 Å². The van der Waals surface area contributed by atoms with E-state index in [2.05, 4.69) is 5.32 Å². The molecule has 0 saturated heterocycles. The maximum absolute atomic E-state index is 12.4. The molecule has 0 aliphatic carbocycles. The molecule has 0 aromatic heterocycles. The zero-order chi connectivity index (χ0) is 19.8. The summed E-state index contributed by atoms with van der Waals surface area (Å²) in [5.41, 5.74) is 2.00. The number of ketones is 1. The van der Waals surface area contributed by atoms with Crippen LogP contribution in [0.25, 0.3) is 6.08 Å². The number of nitrogens with one attached hydrogen (secondary N) is 1. The van der Waals surface area contributed by atoms with Crippen molar-refractivity contribution in [2.75, 3.05) is 26.0 Å². The van der Waals surface area contributed by atoms with E-state index in [4.69, 9.17) is 4.74 Å². The maximum Gasteiger partial charge on any atom is 0.259 e. The molecular formula is C21H22N2O4. The Morgan fingerprint density at radius 2 is 1.78 bits per heavy atom. The SMILES string of the molecule is CC(=O)Nc1ccc(/C=C/C(=O)c2cccc(OCC(=O)N(C)C)c2)cc1. The Morgan fingerprint density at radius 3 is 2.41 bits per heavy atom. The quantitative estimate of drug-likeness (QED) is 0.604. The zero-order valence-corrected chi connectivity index (χ0v) is 15.6. The number of ether oxygens (including phenoxy) is 1. The summed E-state index contributed by atoms with van der Waals surface area (Å²) in [6.07, 6.45) is 3.17. The number of benzene rings is 2. The van der Waals surface area contributed by atoms with Crippen LogP contribution in [0.3, 0.4) is 0 Å². The molecule has 0 heterocycles. The Bertz CT molecular complexity index is 855. The molecule has 0 bridgehead atoms. The molecule has 2 aromatic carbocycles. The van der Waals surface area contributed by atoms with Gasteiger partial charge in [-0.1, -0.05) is 30.3 Å². The summed E-state index contributed by atoms with van der Waals surface area (Å²) < 4.78 is 5.43.